The Hall–Kier alpha value is -2.42. The van der Waals surface area contributed by atoms with Gasteiger partial charge >= 0.3 is 11.9 Å². The van der Waals surface area contributed by atoms with E-state index in [2.05, 4.69) is 0 Å². The first-order valence-corrected chi connectivity index (χ1v) is 8.09. The zero-order chi connectivity index (χ0) is 16.7. The Balaban J connectivity index is 2.19. The van der Waals surface area contributed by atoms with Gasteiger partial charge in [-0.2, -0.15) is 0 Å². The molecule has 0 fully saturated rings. The fourth-order valence-corrected chi connectivity index (χ4v) is 2.61. The maximum Gasteiger partial charge on any atom is 0.346 e. The van der Waals surface area contributed by atoms with Gasteiger partial charge in [-0.1, -0.05) is 63.1 Å². The topological polar surface area (TPSA) is 43.4 Å². The third kappa shape index (κ3) is 4.28. The van der Waals surface area contributed by atoms with Gasteiger partial charge in [0.15, 0.2) is 0 Å². The molecule has 0 aliphatic heterocycles. The van der Waals surface area contributed by atoms with E-state index in [1.807, 2.05) is 38.1 Å². The van der Waals surface area contributed by atoms with Crippen molar-refractivity contribution in [3.8, 4) is 0 Å². The summed E-state index contributed by atoms with van der Waals surface area (Å²) in [6.07, 6.45) is 3.42. The molecule has 0 N–H and O–H groups in total. The number of benzene rings is 2. The molecule has 0 aromatic heterocycles. The Morgan fingerprint density at radius 1 is 0.739 bits per heavy atom. The first-order valence-electron chi connectivity index (χ1n) is 8.09. The summed E-state index contributed by atoms with van der Waals surface area (Å²) in [5, 5.41) is 0. The van der Waals surface area contributed by atoms with Crippen LogP contribution in [-0.2, 0) is 17.6 Å². The van der Waals surface area contributed by atoms with Crippen LogP contribution in [0.2, 0.25) is 0 Å². The van der Waals surface area contributed by atoms with E-state index in [0.717, 1.165) is 36.8 Å². The molecule has 3 nitrogen and oxygen atoms in total. The number of aryl methyl sites for hydroxylation is 2. The molecule has 120 valence electrons. The molecule has 0 saturated carbocycles. The summed E-state index contributed by atoms with van der Waals surface area (Å²) in [5.74, 6) is -1.16. The zero-order valence-corrected chi connectivity index (χ0v) is 13.7. The predicted octanol–water partition coefficient (Wildman–Crippen LogP) is 4.59. The van der Waals surface area contributed by atoms with Crippen LogP contribution >= 0.6 is 0 Å². The Labute approximate surface area is 137 Å². The highest BCUT2D eigenvalue weighted by atomic mass is 16.6. The molecule has 0 bridgehead atoms. The van der Waals surface area contributed by atoms with E-state index < -0.39 is 11.9 Å². The summed E-state index contributed by atoms with van der Waals surface area (Å²) in [6, 6.07) is 14.6. The summed E-state index contributed by atoms with van der Waals surface area (Å²) in [7, 11) is 0. The van der Waals surface area contributed by atoms with Crippen LogP contribution in [0.25, 0.3) is 0 Å². The van der Waals surface area contributed by atoms with Crippen molar-refractivity contribution in [3.05, 3.63) is 70.8 Å². The van der Waals surface area contributed by atoms with E-state index in [4.69, 9.17) is 4.74 Å². The van der Waals surface area contributed by atoms with Crippen molar-refractivity contribution in [2.24, 2.45) is 0 Å². The van der Waals surface area contributed by atoms with Crippen molar-refractivity contribution in [3.63, 3.8) is 0 Å². The monoisotopic (exact) mass is 310 g/mol. The fraction of sp³-hybridized carbons (Fsp3) is 0.300. The van der Waals surface area contributed by atoms with Crippen molar-refractivity contribution in [2.75, 3.05) is 0 Å². The molecule has 0 unspecified atom stereocenters. The van der Waals surface area contributed by atoms with Crippen LogP contribution in [0.4, 0.5) is 0 Å². The van der Waals surface area contributed by atoms with Gasteiger partial charge in [0.05, 0.1) is 11.1 Å². The van der Waals surface area contributed by atoms with Gasteiger partial charge in [0.1, 0.15) is 0 Å². The zero-order valence-electron chi connectivity index (χ0n) is 13.7. The average Bonchev–Trinajstić information content (AvgIpc) is 2.56. The molecule has 2 rings (SSSR count). The molecule has 2 aromatic carbocycles. The normalized spacial score (nSPS) is 10.3. The Morgan fingerprint density at radius 3 is 1.52 bits per heavy atom. The third-order valence-corrected chi connectivity index (χ3v) is 3.70. The van der Waals surface area contributed by atoms with Gasteiger partial charge in [0, 0.05) is 0 Å². The van der Waals surface area contributed by atoms with E-state index >= 15 is 0 Å². The number of carbonyl (C=O) groups excluding carboxylic acids is 2. The lowest BCUT2D eigenvalue weighted by atomic mass is 10.0. The number of carbonyl (C=O) groups is 2. The molecule has 0 aliphatic carbocycles. The van der Waals surface area contributed by atoms with Crippen molar-refractivity contribution >= 4 is 11.9 Å². The number of hydrogen-bond donors (Lipinski definition) is 0. The fourth-order valence-electron chi connectivity index (χ4n) is 2.61. The van der Waals surface area contributed by atoms with Gasteiger partial charge in [0.25, 0.3) is 0 Å². The first-order chi connectivity index (χ1) is 11.2. The van der Waals surface area contributed by atoms with Crippen molar-refractivity contribution in [1.82, 2.24) is 0 Å². The molecular formula is C20H22O3. The summed E-state index contributed by atoms with van der Waals surface area (Å²) in [4.78, 5) is 24.7. The molecule has 0 atom stereocenters. The quantitative estimate of drug-likeness (QED) is 0.579. The van der Waals surface area contributed by atoms with Crippen LogP contribution in [0.5, 0.6) is 0 Å². The second-order valence-electron chi connectivity index (χ2n) is 5.49. The van der Waals surface area contributed by atoms with Crippen LogP contribution in [-0.4, -0.2) is 11.9 Å². The Kier molecular flexibility index (Phi) is 6.10. The van der Waals surface area contributed by atoms with Crippen molar-refractivity contribution in [2.45, 2.75) is 39.5 Å². The highest BCUT2D eigenvalue weighted by Gasteiger charge is 2.19. The minimum absolute atomic E-state index is 0.468. The SMILES string of the molecule is CCCc1ccccc1C(=O)OC(=O)c1ccccc1CCC. The third-order valence-electron chi connectivity index (χ3n) is 3.70. The van der Waals surface area contributed by atoms with Gasteiger partial charge in [-0.25, -0.2) is 9.59 Å². The number of rotatable bonds is 6. The van der Waals surface area contributed by atoms with E-state index in [0.29, 0.717) is 11.1 Å². The van der Waals surface area contributed by atoms with Crippen molar-refractivity contribution in [1.29, 1.82) is 0 Å². The molecule has 0 spiro atoms. The molecule has 0 amide bonds. The lowest BCUT2D eigenvalue weighted by Crippen LogP contribution is -2.16. The standard InChI is InChI=1S/C20H22O3/c1-3-9-15-11-5-7-13-17(15)19(21)23-20(22)18-14-8-6-12-16(18)10-4-2/h5-8,11-14H,3-4,9-10H2,1-2H3. The van der Waals surface area contributed by atoms with Crippen LogP contribution in [0.3, 0.4) is 0 Å². The summed E-state index contributed by atoms with van der Waals surface area (Å²) in [5.41, 5.74) is 2.76. The van der Waals surface area contributed by atoms with Crippen molar-refractivity contribution < 1.29 is 14.3 Å². The highest BCUT2D eigenvalue weighted by Crippen LogP contribution is 2.16. The first kappa shape index (κ1) is 16.9. The van der Waals surface area contributed by atoms with E-state index in [9.17, 15) is 9.59 Å². The molecule has 3 heteroatoms. The largest absolute Gasteiger partial charge is 0.386 e. The average molecular weight is 310 g/mol. The van der Waals surface area contributed by atoms with E-state index in [1.54, 1.807) is 24.3 Å². The van der Waals surface area contributed by atoms with E-state index in [1.165, 1.54) is 0 Å². The van der Waals surface area contributed by atoms with Crippen LogP contribution in [0.15, 0.2) is 48.5 Å². The van der Waals surface area contributed by atoms with Gasteiger partial charge in [-0.15, -0.1) is 0 Å². The second kappa shape index (κ2) is 8.28. The lowest BCUT2D eigenvalue weighted by Gasteiger charge is -2.10. The highest BCUT2D eigenvalue weighted by molar-refractivity contribution is 6.03. The Bertz CT molecular complexity index is 629. The van der Waals surface area contributed by atoms with Gasteiger partial charge in [-0.3, -0.25) is 0 Å². The molecule has 0 saturated heterocycles. The number of ether oxygens (including phenoxy) is 1. The minimum atomic E-state index is -0.578. The number of esters is 2. The number of hydrogen-bond acceptors (Lipinski definition) is 3. The predicted molar refractivity (Wildman–Crippen MR) is 90.6 cm³/mol. The molecule has 23 heavy (non-hydrogen) atoms. The summed E-state index contributed by atoms with van der Waals surface area (Å²) >= 11 is 0. The molecular weight excluding hydrogens is 288 g/mol. The van der Waals surface area contributed by atoms with E-state index in [-0.39, 0.29) is 0 Å². The van der Waals surface area contributed by atoms with Gasteiger partial charge in [-0.05, 0) is 36.1 Å². The molecule has 0 aliphatic rings. The lowest BCUT2D eigenvalue weighted by molar-refractivity contribution is 0.0396. The Morgan fingerprint density at radius 2 is 1.13 bits per heavy atom. The van der Waals surface area contributed by atoms with Gasteiger partial charge < -0.3 is 4.74 Å². The van der Waals surface area contributed by atoms with Gasteiger partial charge in [0.2, 0.25) is 0 Å². The maximum atomic E-state index is 12.4. The second-order valence-corrected chi connectivity index (χ2v) is 5.49. The van der Waals surface area contributed by atoms with Crippen LogP contribution < -0.4 is 0 Å². The molecule has 0 heterocycles. The minimum Gasteiger partial charge on any atom is -0.386 e. The maximum absolute atomic E-state index is 12.4. The molecule has 0 radical (unpaired) electrons. The summed E-state index contributed by atoms with van der Waals surface area (Å²) < 4.78 is 5.12. The molecule has 2 aromatic rings. The van der Waals surface area contributed by atoms with Crippen LogP contribution in [0, 0.1) is 0 Å². The summed E-state index contributed by atoms with van der Waals surface area (Å²) in [6.45, 7) is 4.10. The smallest absolute Gasteiger partial charge is 0.346 e. The van der Waals surface area contributed by atoms with Crippen LogP contribution in [0.1, 0.15) is 58.5 Å².